The van der Waals surface area contributed by atoms with Crippen molar-refractivity contribution in [3.8, 4) is 0 Å². The molecule has 2 rings (SSSR count). The van der Waals surface area contributed by atoms with E-state index >= 15 is 0 Å². The molecule has 0 aromatic carbocycles. The number of halogens is 1. The highest BCUT2D eigenvalue weighted by atomic mass is 35.5. The molecule has 2 aromatic rings. The summed E-state index contributed by atoms with van der Waals surface area (Å²) in [4.78, 5) is 16.5. The predicted molar refractivity (Wildman–Crippen MR) is 68.6 cm³/mol. The van der Waals surface area contributed by atoms with Crippen molar-refractivity contribution in [3.05, 3.63) is 34.5 Å². The summed E-state index contributed by atoms with van der Waals surface area (Å²) in [5, 5.41) is 10.7. The highest BCUT2D eigenvalue weighted by Gasteiger charge is 2.12. The van der Waals surface area contributed by atoms with Gasteiger partial charge in [-0.05, 0) is 31.7 Å². The lowest BCUT2D eigenvalue weighted by Crippen LogP contribution is -1.98. The second-order valence-corrected chi connectivity index (χ2v) is 4.96. The number of hydrogen-bond donors (Lipinski definition) is 1. The van der Waals surface area contributed by atoms with Crippen molar-refractivity contribution in [3.63, 3.8) is 0 Å². The van der Waals surface area contributed by atoms with Crippen molar-refractivity contribution in [1.29, 1.82) is 0 Å². The number of aliphatic hydroxyl groups is 1. The molecule has 94 valence electrons. The van der Waals surface area contributed by atoms with Gasteiger partial charge in [-0.3, -0.25) is 0 Å². The highest BCUT2D eigenvalue weighted by Crippen LogP contribution is 2.29. The maximum absolute atomic E-state index is 9.27. The lowest BCUT2D eigenvalue weighted by molar-refractivity contribution is 0.277. The second-order valence-electron chi connectivity index (χ2n) is 3.64. The fourth-order valence-electron chi connectivity index (χ4n) is 1.42. The van der Waals surface area contributed by atoms with Gasteiger partial charge in [-0.2, -0.15) is 0 Å². The Balaban J connectivity index is 2.36. The minimum Gasteiger partial charge on any atom is -0.391 e. The van der Waals surface area contributed by atoms with Crippen LogP contribution in [0.15, 0.2) is 22.6 Å². The van der Waals surface area contributed by atoms with Crippen LogP contribution in [-0.2, 0) is 6.61 Å². The number of nitrogens with zero attached hydrogens (tertiary/aromatic N) is 4. The molecule has 0 amide bonds. The second kappa shape index (κ2) is 5.60. The van der Waals surface area contributed by atoms with Crippen LogP contribution in [0.25, 0.3) is 0 Å². The Morgan fingerprint density at radius 2 is 1.89 bits per heavy atom. The molecule has 0 atom stereocenters. The van der Waals surface area contributed by atoms with Gasteiger partial charge in [0.05, 0.1) is 6.61 Å². The minimum absolute atomic E-state index is 0.215. The van der Waals surface area contributed by atoms with Gasteiger partial charge in [0.2, 0.25) is 0 Å². The molecule has 1 N–H and O–H groups in total. The molecule has 0 unspecified atom stereocenters. The molecule has 2 aromatic heterocycles. The summed E-state index contributed by atoms with van der Waals surface area (Å²) < 4.78 is 0. The summed E-state index contributed by atoms with van der Waals surface area (Å²) >= 11 is 7.16. The van der Waals surface area contributed by atoms with Crippen LogP contribution in [0.5, 0.6) is 0 Å². The molecule has 18 heavy (non-hydrogen) atoms. The lowest BCUT2D eigenvalue weighted by atomic mass is 10.4. The van der Waals surface area contributed by atoms with Crippen molar-refractivity contribution in [2.75, 3.05) is 0 Å². The molecule has 0 aliphatic heterocycles. The molecule has 0 aliphatic carbocycles. The van der Waals surface area contributed by atoms with Crippen LogP contribution in [0.3, 0.4) is 0 Å². The molecule has 5 nitrogen and oxygen atoms in total. The van der Waals surface area contributed by atoms with Crippen LogP contribution < -0.4 is 0 Å². The first-order valence-corrected chi connectivity index (χ1v) is 6.40. The van der Waals surface area contributed by atoms with Gasteiger partial charge in [-0.25, -0.2) is 19.9 Å². The van der Waals surface area contributed by atoms with E-state index in [1.54, 1.807) is 0 Å². The number of aryl methyl sites for hydroxylation is 2. The van der Waals surface area contributed by atoms with Gasteiger partial charge < -0.3 is 5.11 Å². The first-order valence-electron chi connectivity index (χ1n) is 5.20. The summed E-state index contributed by atoms with van der Waals surface area (Å²) in [6.07, 6.45) is 1.35. The van der Waals surface area contributed by atoms with Gasteiger partial charge in [-0.15, -0.1) is 0 Å². The number of aliphatic hydroxyl groups excluding tert-OH is 1. The van der Waals surface area contributed by atoms with Crippen LogP contribution in [0.1, 0.15) is 17.0 Å². The molecule has 0 fully saturated rings. The molecule has 2 heterocycles. The first-order chi connectivity index (χ1) is 8.60. The Kier molecular flexibility index (Phi) is 4.11. The standard InChI is InChI=1S/C11H11ClN4OS/c1-6-3-7(2)16-11(15-6)18-10-8(4-17)9(12)13-5-14-10/h3,5,17H,4H2,1-2H3. The van der Waals surface area contributed by atoms with Crippen LogP contribution in [0.4, 0.5) is 0 Å². The quantitative estimate of drug-likeness (QED) is 0.687. The van der Waals surface area contributed by atoms with E-state index in [0.717, 1.165) is 11.4 Å². The molecule has 0 radical (unpaired) electrons. The summed E-state index contributed by atoms with van der Waals surface area (Å²) in [6.45, 7) is 3.59. The van der Waals surface area contributed by atoms with E-state index in [1.165, 1.54) is 18.1 Å². The largest absolute Gasteiger partial charge is 0.391 e. The highest BCUT2D eigenvalue weighted by molar-refractivity contribution is 7.99. The normalized spacial score (nSPS) is 10.7. The van der Waals surface area contributed by atoms with E-state index in [-0.39, 0.29) is 11.8 Å². The van der Waals surface area contributed by atoms with E-state index in [1.807, 2.05) is 19.9 Å². The third kappa shape index (κ3) is 2.95. The van der Waals surface area contributed by atoms with Crippen LogP contribution in [0.2, 0.25) is 5.15 Å². The van der Waals surface area contributed by atoms with E-state index in [0.29, 0.717) is 15.7 Å². The summed E-state index contributed by atoms with van der Waals surface area (Å²) in [5.41, 5.74) is 2.26. The monoisotopic (exact) mass is 282 g/mol. The maximum Gasteiger partial charge on any atom is 0.194 e. The van der Waals surface area contributed by atoms with E-state index in [4.69, 9.17) is 11.6 Å². The summed E-state index contributed by atoms with van der Waals surface area (Å²) in [5.74, 6) is 0. The molecule has 0 saturated heterocycles. The fraction of sp³-hybridized carbons (Fsp3) is 0.273. The Morgan fingerprint density at radius 1 is 1.22 bits per heavy atom. The molecule has 0 bridgehead atoms. The van der Waals surface area contributed by atoms with Crippen molar-refractivity contribution in [1.82, 2.24) is 19.9 Å². The Labute approximate surface area is 114 Å². The number of hydrogen-bond acceptors (Lipinski definition) is 6. The molecular formula is C11H11ClN4OS. The van der Waals surface area contributed by atoms with Crippen LogP contribution in [0, 0.1) is 13.8 Å². The SMILES string of the molecule is Cc1cc(C)nc(Sc2ncnc(Cl)c2CO)n1. The summed E-state index contributed by atoms with van der Waals surface area (Å²) in [6, 6.07) is 1.89. The predicted octanol–water partition coefficient (Wildman–Crippen LogP) is 2.18. The third-order valence-corrected chi connectivity index (χ3v) is 3.40. The number of rotatable bonds is 3. The van der Waals surface area contributed by atoms with Crippen LogP contribution in [-0.4, -0.2) is 25.0 Å². The topological polar surface area (TPSA) is 71.8 Å². The lowest BCUT2D eigenvalue weighted by Gasteiger charge is -2.06. The number of aromatic nitrogens is 4. The van der Waals surface area contributed by atoms with Gasteiger partial charge >= 0.3 is 0 Å². The molecular weight excluding hydrogens is 272 g/mol. The zero-order valence-electron chi connectivity index (χ0n) is 9.88. The zero-order chi connectivity index (χ0) is 13.1. The first kappa shape index (κ1) is 13.2. The minimum atomic E-state index is -0.215. The van der Waals surface area contributed by atoms with Crippen molar-refractivity contribution in [2.45, 2.75) is 30.6 Å². The van der Waals surface area contributed by atoms with E-state index < -0.39 is 0 Å². The molecule has 0 aliphatic rings. The van der Waals surface area contributed by atoms with Crippen molar-refractivity contribution < 1.29 is 5.11 Å². The summed E-state index contributed by atoms with van der Waals surface area (Å²) in [7, 11) is 0. The Morgan fingerprint density at radius 3 is 2.50 bits per heavy atom. The van der Waals surface area contributed by atoms with Crippen molar-refractivity contribution in [2.24, 2.45) is 0 Å². The maximum atomic E-state index is 9.27. The van der Waals surface area contributed by atoms with Gasteiger partial charge in [0.1, 0.15) is 16.5 Å². The van der Waals surface area contributed by atoms with Gasteiger partial charge in [-0.1, -0.05) is 11.6 Å². The zero-order valence-corrected chi connectivity index (χ0v) is 11.5. The third-order valence-electron chi connectivity index (χ3n) is 2.16. The molecule has 7 heteroatoms. The fourth-order valence-corrected chi connectivity index (χ4v) is 2.61. The smallest absolute Gasteiger partial charge is 0.194 e. The van der Waals surface area contributed by atoms with Crippen LogP contribution >= 0.6 is 23.4 Å². The average molecular weight is 283 g/mol. The van der Waals surface area contributed by atoms with E-state index in [2.05, 4.69) is 19.9 Å². The Hall–Kier alpha value is -1.24. The molecule has 0 spiro atoms. The molecule has 0 saturated carbocycles. The average Bonchev–Trinajstić information content (AvgIpc) is 2.27. The van der Waals surface area contributed by atoms with E-state index in [9.17, 15) is 5.11 Å². The Bertz CT molecular complexity index is 559. The van der Waals surface area contributed by atoms with Gasteiger partial charge in [0, 0.05) is 17.0 Å². The van der Waals surface area contributed by atoms with Crippen molar-refractivity contribution >= 4 is 23.4 Å². The van der Waals surface area contributed by atoms with Gasteiger partial charge in [0.25, 0.3) is 0 Å². The van der Waals surface area contributed by atoms with Gasteiger partial charge in [0.15, 0.2) is 5.16 Å².